The number of hydrogen-bond donors (Lipinski definition) is 1. The van der Waals surface area contributed by atoms with Gasteiger partial charge in [0.1, 0.15) is 11.4 Å². The number of anilines is 1. The van der Waals surface area contributed by atoms with Gasteiger partial charge < -0.3 is 19.6 Å². The summed E-state index contributed by atoms with van der Waals surface area (Å²) in [5.41, 5.74) is 2.11. The van der Waals surface area contributed by atoms with Gasteiger partial charge in [0.05, 0.1) is 13.0 Å². The number of ether oxygens (including phenoxy) is 1. The number of amides is 1. The van der Waals surface area contributed by atoms with E-state index in [1.165, 1.54) is 0 Å². The summed E-state index contributed by atoms with van der Waals surface area (Å²) in [5.74, 6) is -0.327. The van der Waals surface area contributed by atoms with Crippen molar-refractivity contribution in [3.05, 3.63) is 22.9 Å². The number of fused-ring (bicyclic) bond motifs is 1. The molecule has 1 saturated carbocycles. The molecule has 1 aromatic heterocycles. The van der Waals surface area contributed by atoms with Crippen LogP contribution in [0.15, 0.2) is 6.07 Å². The molecule has 0 atom stereocenters. The van der Waals surface area contributed by atoms with Crippen molar-refractivity contribution in [2.24, 2.45) is 0 Å². The number of carbonyl (C=O) groups excluding carboxylic acids is 1. The number of rotatable bonds is 6. The van der Waals surface area contributed by atoms with Crippen LogP contribution in [0.3, 0.4) is 0 Å². The minimum atomic E-state index is -0.949. The van der Waals surface area contributed by atoms with Gasteiger partial charge in [-0.2, -0.15) is 0 Å². The van der Waals surface area contributed by atoms with E-state index in [2.05, 4.69) is 0 Å². The van der Waals surface area contributed by atoms with Crippen molar-refractivity contribution in [3.8, 4) is 0 Å². The van der Waals surface area contributed by atoms with Gasteiger partial charge in [-0.05, 0) is 30.9 Å². The van der Waals surface area contributed by atoms with Crippen molar-refractivity contribution in [2.75, 3.05) is 38.8 Å². The minimum Gasteiger partial charge on any atom is -0.478 e. The first-order valence-electron chi connectivity index (χ1n) is 8.77. The minimum absolute atomic E-state index is 0.0726. The van der Waals surface area contributed by atoms with Crippen molar-refractivity contribution in [1.82, 2.24) is 9.88 Å². The molecule has 0 saturated heterocycles. The van der Waals surface area contributed by atoms with E-state index >= 15 is 0 Å². The molecule has 3 rings (SSSR count). The second kappa shape index (κ2) is 7.39. The number of methoxy groups -OCH3 is 1. The zero-order chi connectivity index (χ0) is 18.0. The van der Waals surface area contributed by atoms with E-state index in [0.29, 0.717) is 50.8 Å². The third kappa shape index (κ3) is 3.92. The highest BCUT2D eigenvalue weighted by Crippen LogP contribution is 2.32. The normalized spacial score (nSPS) is 17.0. The van der Waals surface area contributed by atoms with E-state index in [4.69, 9.17) is 9.72 Å². The van der Waals surface area contributed by atoms with Crippen molar-refractivity contribution >= 4 is 17.7 Å². The van der Waals surface area contributed by atoms with E-state index in [-0.39, 0.29) is 11.5 Å². The molecule has 136 valence electrons. The molecule has 0 radical (unpaired) electrons. The number of nitrogens with zero attached hydrogens (tertiary/aromatic N) is 3. The fourth-order valence-corrected chi connectivity index (χ4v) is 3.28. The Morgan fingerprint density at radius 1 is 1.36 bits per heavy atom. The molecule has 1 N–H and O–H groups in total. The lowest BCUT2D eigenvalue weighted by Crippen LogP contribution is -2.33. The summed E-state index contributed by atoms with van der Waals surface area (Å²) >= 11 is 0. The molecular weight excluding hydrogens is 322 g/mol. The van der Waals surface area contributed by atoms with Crippen LogP contribution < -0.4 is 4.90 Å². The van der Waals surface area contributed by atoms with Crippen LogP contribution in [0.2, 0.25) is 0 Å². The average molecular weight is 347 g/mol. The Bertz CT molecular complexity index is 673. The summed E-state index contributed by atoms with van der Waals surface area (Å²) < 4.78 is 4.98. The maximum absolute atomic E-state index is 12.2. The zero-order valence-corrected chi connectivity index (χ0v) is 14.8. The number of aromatic carboxylic acids is 1. The monoisotopic (exact) mass is 347 g/mol. The average Bonchev–Trinajstić information content (AvgIpc) is 3.44. The summed E-state index contributed by atoms with van der Waals surface area (Å²) in [6.45, 7) is 1.62. The van der Waals surface area contributed by atoms with Crippen LogP contribution in [-0.2, 0) is 22.4 Å². The third-order valence-electron chi connectivity index (χ3n) is 4.97. The Morgan fingerprint density at radius 3 is 2.72 bits per heavy atom. The molecule has 1 aliphatic carbocycles. The van der Waals surface area contributed by atoms with Gasteiger partial charge in [0.2, 0.25) is 5.91 Å². The lowest BCUT2D eigenvalue weighted by atomic mass is 10.1. The Labute approximate surface area is 147 Å². The predicted octanol–water partition coefficient (Wildman–Crippen LogP) is 1.34. The summed E-state index contributed by atoms with van der Waals surface area (Å²) in [6, 6.07) is 2.14. The third-order valence-corrected chi connectivity index (χ3v) is 4.97. The Morgan fingerprint density at radius 2 is 2.08 bits per heavy atom. The Balaban J connectivity index is 1.82. The first-order valence-corrected chi connectivity index (χ1v) is 8.77. The highest BCUT2D eigenvalue weighted by atomic mass is 16.5. The first kappa shape index (κ1) is 17.7. The smallest absolute Gasteiger partial charge is 0.339 e. The first-order chi connectivity index (χ1) is 12.0. The summed E-state index contributed by atoms with van der Waals surface area (Å²) in [7, 11) is 3.50. The Hall–Kier alpha value is -2.15. The van der Waals surface area contributed by atoms with Crippen molar-refractivity contribution < 1.29 is 19.4 Å². The lowest BCUT2D eigenvalue weighted by molar-refractivity contribution is -0.132. The van der Waals surface area contributed by atoms with Crippen LogP contribution in [-0.4, -0.2) is 66.8 Å². The second-order valence-corrected chi connectivity index (χ2v) is 6.74. The van der Waals surface area contributed by atoms with Gasteiger partial charge in [-0.15, -0.1) is 0 Å². The molecule has 2 heterocycles. The summed E-state index contributed by atoms with van der Waals surface area (Å²) in [6.07, 6.45) is 3.82. The van der Waals surface area contributed by atoms with Gasteiger partial charge in [-0.25, -0.2) is 9.78 Å². The van der Waals surface area contributed by atoms with Crippen molar-refractivity contribution in [3.63, 3.8) is 0 Å². The standard InChI is InChI=1S/C18H25N3O4/c1-20(13-3-4-13)17-14(18(23)24)11-12-5-8-21(9-6-15(12)19-17)16(22)7-10-25-2/h11,13H,3-10H2,1-2H3,(H,23,24). The number of carboxylic acids is 1. The summed E-state index contributed by atoms with van der Waals surface area (Å²) in [5, 5.41) is 9.58. The van der Waals surface area contributed by atoms with Crippen LogP contribution in [0.25, 0.3) is 0 Å². The zero-order valence-electron chi connectivity index (χ0n) is 14.8. The number of carbonyl (C=O) groups is 2. The lowest BCUT2D eigenvalue weighted by Gasteiger charge is -2.21. The van der Waals surface area contributed by atoms with Crippen LogP contribution in [0, 0.1) is 0 Å². The molecule has 1 aliphatic heterocycles. The van der Waals surface area contributed by atoms with Gasteiger partial charge >= 0.3 is 5.97 Å². The van der Waals surface area contributed by atoms with Crippen molar-refractivity contribution in [1.29, 1.82) is 0 Å². The predicted molar refractivity (Wildman–Crippen MR) is 93.1 cm³/mol. The van der Waals surface area contributed by atoms with Crippen LogP contribution in [0.1, 0.15) is 40.9 Å². The quantitative estimate of drug-likeness (QED) is 0.836. The molecule has 7 heteroatoms. The molecule has 0 spiro atoms. The number of hydrogen-bond acceptors (Lipinski definition) is 5. The fourth-order valence-electron chi connectivity index (χ4n) is 3.28. The van der Waals surface area contributed by atoms with Gasteiger partial charge in [-0.3, -0.25) is 4.79 Å². The van der Waals surface area contributed by atoms with E-state index in [9.17, 15) is 14.7 Å². The van der Waals surface area contributed by atoms with E-state index in [1.807, 2.05) is 16.8 Å². The van der Waals surface area contributed by atoms with Gasteiger partial charge in [0.15, 0.2) is 0 Å². The highest BCUT2D eigenvalue weighted by Gasteiger charge is 2.31. The largest absolute Gasteiger partial charge is 0.478 e. The highest BCUT2D eigenvalue weighted by molar-refractivity contribution is 5.93. The van der Waals surface area contributed by atoms with Gasteiger partial charge in [0.25, 0.3) is 0 Å². The maximum Gasteiger partial charge on any atom is 0.339 e. The molecule has 1 aromatic rings. The SMILES string of the molecule is COCCC(=O)N1CCc2cc(C(=O)O)c(N(C)C3CC3)nc2CC1. The van der Waals surface area contributed by atoms with Crippen LogP contribution >= 0.6 is 0 Å². The number of aromatic nitrogens is 1. The summed E-state index contributed by atoms with van der Waals surface area (Å²) in [4.78, 5) is 32.4. The van der Waals surface area contributed by atoms with Crippen LogP contribution in [0.5, 0.6) is 0 Å². The number of pyridine rings is 1. The molecule has 1 fully saturated rings. The topological polar surface area (TPSA) is 83.0 Å². The Kier molecular flexibility index (Phi) is 5.22. The molecule has 0 bridgehead atoms. The molecule has 0 unspecified atom stereocenters. The molecule has 7 nitrogen and oxygen atoms in total. The maximum atomic E-state index is 12.2. The van der Waals surface area contributed by atoms with Gasteiger partial charge in [0, 0.05) is 45.4 Å². The molecule has 0 aromatic carbocycles. The van der Waals surface area contributed by atoms with E-state index < -0.39 is 5.97 Å². The van der Waals surface area contributed by atoms with E-state index in [0.717, 1.165) is 24.1 Å². The van der Waals surface area contributed by atoms with Gasteiger partial charge in [-0.1, -0.05) is 0 Å². The molecular formula is C18H25N3O4. The molecule has 25 heavy (non-hydrogen) atoms. The second-order valence-electron chi connectivity index (χ2n) is 6.74. The molecule has 2 aliphatic rings. The van der Waals surface area contributed by atoms with Crippen LogP contribution in [0.4, 0.5) is 5.82 Å². The number of carboxylic acid groups (broad SMARTS) is 1. The molecule has 1 amide bonds. The van der Waals surface area contributed by atoms with E-state index in [1.54, 1.807) is 13.2 Å². The van der Waals surface area contributed by atoms with Crippen molar-refractivity contribution in [2.45, 2.75) is 38.1 Å². The fraction of sp³-hybridized carbons (Fsp3) is 0.611.